The first-order valence-electron chi connectivity index (χ1n) is 6.33. The van der Waals surface area contributed by atoms with Gasteiger partial charge in [0.25, 0.3) is 0 Å². The molecule has 0 radical (unpaired) electrons. The van der Waals surface area contributed by atoms with Crippen LogP contribution in [0.2, 0.25) is 0 Å². The molecule has 0 amide bonds. The summed E-state index contributed by atoms with van der Waals surface area (Å²) in [7, 11) is 0. The molecule has 1 aliphatic heterocycles. The number of ether oxygens (including phenoxy) is 1. The number of hydrogen-bond donors (Lipinski definition) is 1. The number of aliphatic carboxylic acids is 1. The molecule has 1 rings (SSSR count). The maximum absolute atomic E-state index is 11.2. The highest BCUT2D eigenvalue weighted by atomic mass is 16.5. The molecule has 0 aromatic heterocycles. The predicted octanol–water partition coefficient (Wildman–Crippen LogP) is 1.51. The molecule has 104 valence electrons. The molecule has 0 aliphatic carbocycles. The van der Waals surface area contributed by atoms with E-state index in [0.29, 0.717) is 13.0 Å². The van der Waals surface area contributed by atoms with Crippen molar-refractivity contribution in [2.75, 3.05) is 13.1 Å². The zero-order valence-electron chi connectivity index (χ0n) is 11.6. The van der Waals surface area contributed by atoms with E-state index in [-0.39, 0.29) is 17.5 Å². The third kappa shape index (κ3) is 4.64. The van der Waals surface area contributed by atoms with Crippen LogP contribution < -0.4 is 0 Å². The van der Waals surface area contributed by atoms with E-state index >= 15 is 0 Å². The number of carbonyl (C=O) groups excluding carboxylic acids is 1. The summed E-state index contributed by atoms with van der Waals surface area (Å²) >= 11 is 0. The van der Waals surface area contributed by atoms with Crippen molar-refractivity contribution in [2.24, 2.45) is 5.41 Å². The summed E-state index contributed by atoms with van der Waals surface area (Å²) in [4.78, 5) is 24.0. The minimum atomic E-state index is -0.835. The lowest BCUT2D eigenvalue weighted by molar-refractivity contribution is -0.146. The van der Waals surface area contributed by atoms with Crippen LogP contribution in [0.1, 0.15) is 40.5 Å². The van der Waals surface area contributed by atoms with Gasteiger partial charge in [-0.05, 0) is 18.4 Å². The van der Waals surface area contributed by atoms with Gasteiger partial charge >= 0.3 is 11.9 Å². The molecule has 5 heteroatoms. The van der Waals surface area contributed by atoms with E-state index in [2.05, 4.69) is 20.8 Å². The molecule has 1 fully saturated rings. The van der Waals surface area contributed by atoms with E-state index in [1.165, 1.54) is 6.92 Å². The molecule has 2 atom stereocenters. The zero-order valence-corrected chi connectivity index (χ0v) is 11.6. The largest absolute Gasteiger partial charge is 0.480 e. The van der Waals surface area contributed by atoms with Gasteiger partial charge < -0.3 is 9.84 Å². The van der Waals surface area contributed by atoms with Crippen LogP contribution in [0.15, 0.2) is 0 Å². The molecule has 5 nitrogen and oxygen atoms in total. The summed E-state index contributed by atoms with van der Waals surface area (Å²) < 4.78 is 5.11. The minimum absolute atomic E-state index is 0.169. The van der Waals surface area contributed by atoms with E-state index < -0.39 is 12.0 Å². The second-order valence-corrected chi connectivity index (χ2v) is 6.13. The van der Waals surface area contributed by atoms with Crippen LogP contribution in [0.5, 0.6) is 0 Å². The second kappa shape index (κ2) is 5.69. The number of likely N-dealkylation sites (tertiary alicyclic amines) is 1. The Morgan fingerprint density at radius 2 is 2.00 bits per heavy atom. The van der Waals surface area contributed by atoms with Crippen molar-refractivity contribution in [3.63, 3.8) is 0 Å². The van der Waals surface area contributed by atoms with Crippen molar-refractivity contribution in [3.05, 3.63) is 0 Å². The van der Waals surface area contributed by atoms with E-state index in [1.54, 1.807) is 0 Å². The number of carbonyl (C=O) groups is 2. The molecule has 1 heterocycles. The van der Waals surface area contributed by atoms with E-state index in [4.69, 9.17) is 4.74 Å². The third-order valence-electron chi connectivity index (χ3n) is 3.13. The van der Waals surface area contributed by atoms with Crippen LogP contribution in [-0.2, 0) is 14.3 Å². The van der Waals surface area contributed by atoms with E-state index in [0.717, 1.165) is 13.0 Å². The van der Waals surface area contributed by atoms with Gasteiger partial charge in [-0.25, -0.2) is 0 Å². The quantitative estimate of drug-likeness (QED) is 0.773. The van der Waals surface area contributed by atoms with Crippen molar-refractivity contribution >= 4 is 11.9 Å². The maximum Gasteiger partial charge on any atom is 0.321 e. The van der Waals surface area contributed by atoms with Crippen LogP contribution in [0.25, 0.3) is 0 Å². The van der Waals surface area contributed by atoms with E-state index in [9.17, 15) is 14.7 Å². The Morgan fingerprint density at radius 1 is 1.39 bits per heavy atom. The number of carboxylic acid groups (broad SMARTS) is 1. The molecular formula is C13H23NO4. The fraction of sp³-hybridized carbons (Fsp3) is 0.846. The first-order chi connectivity index (χ1) is 8.19. The van der Waals surface area contributed by atoms with Crippen LogP contribution >= 0.6 is 0 Å². The Bertz CT molecular complexity index is 321. The summed E-state index contributed by atoms with van der Waals surface area (Å²) in [5.41, 5.74) is 0.169. The first-order valence-corrected chi connectivity index (χ1v) is 6.33. The monoisotopic (exact) mass is 257 g/mol. The molecule has 2 unspecified atom stereocenters. The summed E-state index contributed by atoms with van der Waals surface area (Å²) in [5.74, 6) is -1.18. The van der Waals surface area contributed by atoms with E-state index in [1.807, 2.05) is 4.90 Å². The minimum Gasteiger partial charge on any atom is -0.480 e. The van der Waals surface area contributed by atoms with Crippen LogP contribution in [0, 0.1) is 5.41 Å². The van der Waals surface area contributed by atoms with Gasteiger partial charge in [0.05, 0.1) is 0 Å². The number of carboxylic acids is 1. The molecule has 0 spiro atoms. The predicted molar refractivity (Wildman–Crippen MR) is 67.2 cm³/mol. The van der Waals surface area contributed by atoms with Gasteiger partial charge in [-0.2, -0.15) is 0 Å². The average molecular weight is 257 g/mol. The molecular weight excluding hydrogens is 234 g/mol. The highest BCUT2D eigenvalue weighted by Gasteiger charge is 2.38. The van der Waals surface area contributed by atoms with Gasteiger partial charge in [0.1, 0.15) is 12.1 Å². The second-order valence-electron chi connectivity index (χ2n) is 6.13. The van der Waals surface area contributed by atoms with Gasteiger partial charge in [-0.15, -0.1) is 0 Å². The lowest BCUT2D eigenvalue weighted by atomic mass is 9.92. The summed E-state index contributed by atoms with van der Waals surface area (Å²) in [6.45, 7) is 8.98. The summed E-state index contributed by atoms with van der Waals surface area (Å²) in [5, 5.41) is 9.18. The van der Waals surface area contributed by atoms with Crippen molar-refractivity contribution in [1.29, 1.82) is 0 Å². The number of nitrogens with zero attached hydrogens (tertiary/aromatic N) is 1. The fourth-order valence-corrected chi connectivity index (χ4v) is 2.16. The highest BCUT2D eigenvalue weighted by Crippen LogP contribution is 2.25. The average Bonchev–Trinajstić information content (AvgIpc) is 2.56. The Morgan fingerprint density at radius 3 is 2.44 bits per heavy atom. The van der Waals surface area contributed by atoms with Gasteiger partial charge in [0, 0.05) is 19.9 Å². The van der Waals surface area contributed by atoms with Crippen LogP contribution in [-0.4, -0.2) is 47.2 Å². The van der Waals surface area contributed by atoms with Crippen LogP contribution in [0.4, 0.5) is 0 Å². The van der Waals surface area contributed by atoms with Crippen molar-refractivity contribution in [3.8, 4) is 0 Å². The molecule has 1 N–H and O–H groups in total. The standard InChI is InChI=1S/C13H23NO4/c1-9(15)18-10-7-11(12(16)17)14(8-10)6-5-13(2,3)4/h10-11H,5-8H2,1-4H3,(H,16,17). The van der Waals surface area contributed by atoms with Crippen molar-refractivity contribution in [1.82, 2.24) is 4.90 Å². The fourth-order valence-electron chi connectivity index (χ4n) is 2.16. The Labute approximate surface area is 108 Å². The lowest BCUT2D eigenvalue weighted by Crippen LogP contribution is -2.37. The third-order valence-corrected chi connectivity index (χ3v) is 3.13. The smallest absolute Gasteiger partial charge is 0.321 e. The Hall–Kier alpha value is -1.10. The Balaban J connectivity index is 2.58. The molecule has 0 saturated carbocycles. The number of esters is 1. The normalized spacial score (nSPS) is 25.1. The lowest BCUT2D eigenvalue weighted by Gasteiger charge is -2.25. The number of hydrogen-bond acceptors (Lipinski definition) is 4. The van der Waals surface area contributed by atoms with Gasteiger partial charge in [-0.3, -0.25) is 14.5 Å². The van der Waals surface area contributed by atoms with Crippen molar-refractivity contribution < 1.29 is 19.4 Å². The molecule has 1 aliphatic rings. The molecule has 1 saturated heterocycles. The summed E-state index contributed by atoms with van der Waals surface area (Å²) in [6, 6.07) is -0.531. The van der Waals surface area contributed by atoms with Crippen LogP contribution in [0.3, 0.4) is 0 Å². The maximum atomic E-state index is 11.2. The SMILES string of the molecule is CC(=O)OC1CC(C(=O)O)N(CCC(C)(C)C)C1. The molecule has 18 heavy (non-hydrogen) atoms. The van der Waals surface area contributed by atoms with Gasteiger partial charge in [0.15, 0.2) is 0 Å². The topological polar surface area (TPSA) is 66.8 Å². The Kier molecular flexibility index (Phi) is 4.73. The first kappa shape index (κ1) is 15.0. The summed E-state index contributed by atoms with van der Waals surface area (Å²) in [6.07, 6.45) is 1.02. The molecule has 0 aromatic rings. The molecule has 0 bridgehead atoms. The highest BCUT2D eigenvalue weighted by molar-refractivity contribution is 5.74. The molecule has 0 aromatic carbocycles. The van der Waals surface area contributed by atoms with Crippen molar-refractivity contribution in [2.45, 2.75) is 52.7 Å². The number of rotatable bonds is 4. The van der Waals surface area contributed by atoms with Gasteiger partial charge in [0.2, 0.25) is 0 Å². The zero-order chi connectivity index (χ0) is 13.9. The van der Waals surface area contributed by atoms with Gasteiger partial charge in [-0.1, -0.05) is 20.8 Å².